The van der Waals surface area contributed by atoms with Gasteiger partial charge in [0, 0.05) is 12.1 Å². The fourth-order valence-electron chi connectivity index (χ4n) is 1.44. The van der Waals surface area contributed by atoms with E-state index in [9.17, 15) is 5.11 Å². The summed E-state index contributed by atoms with van der Waals surface area (Å²) in [4.78, 5) is 3.88. The van der Waals surface area contributed by atoms with E-state index in [1.807, 2.05) is 25.1 Å². The van der Waals surface area contributed by atoms with Crippen LogP contribution < -0.4 is 5.32 Å². The summed E-state index contributed by atoms with van der Waals surface area (Å²) in [7, 11) is 0. The standard InChI is InChI=1S/C11H13N3O2/c1-8-3-2-4-9(11(8)15)5-12-6-10-13-7-16-14-10/h2-4,7,12,15H,5-6H2,1H3. The second-order valence-electron chi connectivity index (χ2n) is 3.53. The lowest BCUT2D eigenvalue weighted by Crippen LogP contribution is -2.13. The van der Waals surface area contributed by atoms with Gasteiger partial charge in [0.1, 0.15) is 5.75 Å². The van der Waals surface area contributed by atoms with Crippen molar-refractivity contribution in [2.45, 2.75) is 20.0 Å². The molecule has 0 aliphatic heterocycles. The van der Waals surface area contributed by atoms with Crippen LogP contribution in [0.1, 0.15) is 17.0 Å². The molecule has 0 unspecified atom stereocenters. The molecular formula is C11H13N3O2. The van der Waals surface area contributed by atoms with E-state index in [2.05, 4.69) is 20.0 Å². The SMILES string of the molecule is Cc1cccc(CNCc2ncon2)c1O. The minimum Gasteiger partial charge on any atom is -0.507 e. The third-order valence-corrected chi connectivity index (χ3v) is 2.33. The van der Waals surface area contributed by atoms with E-state index >= 15 is 0 Å². The molecule has 0 bridgehead atoms. The largest absolute Gasteiger partial charge is 0.507 e. The maximum atomic E-state index is 9.76. The fourth-order valence-corrected chi connectivity index (χ4v) is 1.44. The van der Waals surface area contributed by atoms with Gasteiger partial charge < -0.3 is 14.9 Å². The highest BCUT2D eigenvalue weighted by Crippen LogP contribution is 2.20. The Bertz CT molecular complexity index is 454. The molecule has 0 saturated heterocycles. The smallest absolute Gasteiger partial charge is 0.213 e. The Morgan fingerprint density at radius 3 is 3.00 bits per heavy atom. The van der Waals surface area contributed by atoms with Crippen molar-refractivity contribution in [2.75, 3.05) is 0 Å². The van der Waals surface area contributed by atoms with Crippen LogP contribution in [0.5, 0.6) is 5.75 Å². The first-order chi connectivity index (χ1) is 7.77. The summed E-state index contributed by atoms with van der Waals surface area (Å²) in [5, 5.41) is 16.6. The molecule has 2 rings (SSSR count). The number of nitrogens with one attached hydrogen (secondary N) is 1. The van der Waals surface area contributed by atoms with Gasteiger partial charge in [-0.15, -0.1) is 0 Å². The Morgan fingerprint density at radius 1 is 1.38 bits per heavy atom. The zero-order valence-electron chi connectivity index (χ0n) is 8.97. The van der Waals surface area contributed by atoms with Gasteiger partial charge in [-0.2, -0.15) is 4.98 Å². The zero-order chi connectivity index (χ0) is 11.4. The highest BCUT2D eigenvalue weighted by atomic mass is 16.5. The molecule has 2 aromatic rings. The van der Waals surface area contributed by atoms with Gasteiger partial charge in [0.2, 0.25) is 6.39 Å². The van der Waals surface area contributed by atoms with E-state index in [1.54, 1.807) is 0 Å². The molecule has 0 amide bonds. The number of rotatable bonds is 4. The van der Waals surface area contributed by atoms with E-state index < -0.39 is 0 Å². The predicted molar refractivity (Wildman–Crippen MR) is 57.7 cm³/mol. The van der Waals surface area contributed by atoms with Crippen molar-refractivity contribution in [3.63, 3.8) is 0 Å². The summed E-state index contributed by atoms with van der Waals surface area (Å²) >= 11 is 0. The summed E-state index contributed by atoms with van der Waals surface area (Å²) in [5.41, 5.74) is 1.74. The van der Waals surface area contributed by atoms with Crippen LogP contribution in [0.15, 0.2) is 29.1 Å². The molecule has 84 valence electrons. The molecule has 1 heterocycles. The van der Waals surface area contributed by atoms with Crippen LogP contribution in [0.2, 0.25) is 0 Å². The Labute approximate surface area is 93.1 Å². The van der Waals surface area contributed by atoms with Crippen LogP contribution in [0.3, 0.4) is 0 Å². The maximum absolute atomic E-state index is 9.76. The van der Waals surface area contributed by atoms with E-state index in [-0.39, 0.29) is 0 Å². The van der Waals surface area contributed by atoms with Crippen LogP contribution in [0, 0.1) is 6.92 Å². The lowest BCUT2D eigenvalue weighted by molar-refractivity contribution is 0.407. The molecule has 1 aromatic heterocycles. The maximum Gasteiger partial charge on any atom is 0.213 e. The topological polar surface area (TPSA) is 71.2 Å². The average Bonchev–Trinajstić information content (AvgIpc) is 2.77. The third kappa shape index (κ3) is 2.38. The van der Waals surface area contributed by atoms with Gasteiger partial charge in [-0.25, -0.2) is 0 Å². The highest BCUT2D eigenvalue weighted by molar-refractivity contribution is 5.39. The van der Waals surface area contributed by atoms with Gasteiger partial charge in [-0.05, 0) is 12.5 Å². The Kier molecular flexibility index (Phi) is 3.16. The molecule has 0 fully saturated rings. The first kappa shape index (κ1) is 10.6. The molecular weight excluding hydrogens is 206 g/mol. The Morgan fingerprint density at radius 2 is 2.25 bits per heavy atom. The van der Waals surface area contributed by atoms with E-state index in [0.717, 1.165) is 11.1 Å². The number of aromatic nitrogens is 2. The lowest BCUT2D eigenvalue weighted by Gasteiger charge is -2.07. The molecule has 5 heteroatoms. The highest BCUT2D eigenvalue weighted by Gasteiger charge is 2.03. The molecule has 5 nitrogen and oxygen atoms in total. The minimum absolute atomic E-state index is 0.336. The van der Waals surface area contributed by atoms with Crippen LogP contribution in [0.25, 0.3) is 0 Å². The molecule has 1 aromatic carbocycles. The summed E-state index contributed by atoms with van der Waals surface area (Å²) in [6, 6.07) is 5.67. The van der Waals surface area contributed by atoms with Crippen LogP contribution in [-0.2, 0) is 13.1 Å². The fraction of sp³-hybridized carbons (Fsp3) is 0.273. The van der Waals surface area contributed by atoms with Crippen molar-refractivity contribution in [3.8, 4) is 5.75 Å². The molecule has 16 heavy (non-hydrogen) atoms. The number of benzene rings is 1. The van der Waals surface area contributed by atoms with E-state index in [4.69, 9.17) is 0 Å². The molecule has 0 aliphatic carbocycles. The first-order valence-corrected chi connectivity index (χ1v) is 5.01. The third-order valence-electron chi connectivity index (χ3n) is 2.33. The number of para-hydroxylation sites is 1. The van der Waals surface area contributed by atoms with Gasteiger partial charge >= 0.3 is 0 Å². The van der Waals surface area contributed by atoms with Crippen molar-refractivity contribution >= 4 is 0 Å². The Balaban J connectivity index is 1.92. The molecule has 0 saturated carbocycles. The quantitative estimate of drug-likeness (QED) is 0.812. The summed E-state index contributed by atoms with van der Waals surface area (Å²) in [6.07, 6.45) is 1.29. The summed E-state index contributed by atoms with van der Waals surface area (Å²) in [5.74, 6) is 0.940. The number of phenolic OH excluding ortho intramolecular Hbond substituents is 1. The van der Waals surface area contributed by atoms with E-state index in [0.29, 0.717) is 24.7 Å². The molecule has 0 spiro atoms. The number of hydrogen-bond acceptors (Lipinski definition) is 5. The van der Waals surface area contributed by atoms with Crippen molar-refractivity contribution in [1.29, 1.82) is 0 Å². The number of aryl methyl sites for hydroxylation is 1. The van der Waals surface area contributed by atoms with E-state index in [1.165, 1.54) is 6.39 Å². The van der Waals surface area contributed by atoms with Crippen molar-refractivity contribution in [3.05, 3.63) is 41.5 Å². The predicted octanol–water partition coefficient (Wildman–Crippen LogP) is 1.37. The summed E-state index contributed by atoms with van der Waals surface area (Å²) in [6.45, 7) is 2.96. The van der Waals surface area contributed by atoms with Crippen LogP contribution in [0.4, 0.5) is 0 Å². The number of nitrogens with zero attached hydrogens (tertiary/aromatic N) is 2. The number of aromatic hydroxyl groups is 1. The second-order valence-corrected chi connectivity index (χ2v) is 3.53. The van der Waals surface area contributed by atoms with Crippen LogP contribution >= 0.6 is 0 Å². The molecule has 2 N–H and O–H groups in total. The minimum atomic E-state index is 0.336. The summed E-state index contributed by atoms with van der Waals surface area (Å²) < 4.78 is 4.61. The normalized spacial score (nSPS) is 10.6. The van der Waals surface area contributed by atoms with Gasteiger partial charge in [-0.1, -0.05) is 23.4 Å². The molecule has 0 aliphatic rings. The molecule has 0 atom stereocenters. The number of hydrogen-bond donors (Lipinski definition) is 2. The Hall–Kier alpha value is -1.88. The second kappa shape index (κ2) is 4.76. The van der Waals surface area contributed by atoms with Crippen molar-refractivity contribution < 1.29 is 9.63 Å². The average molecular weight is 219 g/mol. The van der Waals surface area contributed by atoms with Gasteiger partial charge in [0.15, 0.2) is 5.82 Å². The lowest BCUT2D eigenvalue weighted by atomic mass is 10.1. The monoisotopic (exact) mass is 219 g/mol. The van der Waals surface area contributed by atoms with Crippen LogP contribution in [-0.4, -0.2) is 15.2 Å². The molecule has 0 radical (unpaired) electrons. The van der Waals surface area contributed by atoms with Crippen molar-refractivity contribution in [1.82, 2.24) is 15.5 Å². The van der Waals surface area contributed by atoms with Crippen molar-refractivity contribution in [2.24, 2.45) is 0 Å². The number of phenols is 1. The van der Waals surface area contributed by atoms with Gasteiger partial charge in [0.25, 0.3) is 0 Å². The van der Waals surface area contributed by atoms with Gasteiger partial charge in [0.05, 0.1) is 6.54 Å². The zero-order valence-corrected chi connectivity index (χ0v) is 8.97. The first-order valence-electron chi connectivity index (χ1n) is 5.01. The van der Waals surface area contributed by atoms with Gasteiger partial charge in [-0.3, -0.25) is 0 Å².